The summed E-state index contributed by atoms with van der Waals surface area (Å²) < 4.78 is 0. The molecule has 2 nitrogen and oxygen atoms in total. The summed E-state index contributed by atoms with van der Waals surface area (Å²) >= 11 is 0. The third kappa shape index (κ3) is 5.84. The van der Waals surface area contributed by atoms with Gasteiger partial charge in [0.1, 0.15) is 0 Å². The van der Waals surface area contributed by atoms with E-state index in [-0.39, 0.29) is 0 Å². The van der Waals surface area contributed by atoms with Crippen molar-refractivity contribution in [2.45, 2.75) is 47.5 Å². The first kappa shape index (κ1) is 30.9. The number of benzene rings is 6. The highest BCUT2D eigenvalue weighted by molar-refractivity contribution is 6.01. The highest BCUT2D eigenvalue weighted by Crippen LogP contribution is 2.47. The quantitative estimate of drug-likeness (QED) is 0.171. The lowest BCUT2D eigenvalue weighted by molar-refractivity contribution is 1.14. The van der Waals surface area contributed by atoms with Crippen LogP contribution >= 0.6 is 0 Å². The molecule has 0 bridgehead atoms. The van der Waals surface area contributed by atoms with Gasteiger partial charge in [0.15, 0.2) is 0 Å². The second-order valence-electron chi connectivity index (χ2n) is 12.3. The third-order valence-electron chi connectivity index (χ3n) is 9.58. The Balaban J connectivity index is 1.54. The van der Waals surface area contributed by atoms with Gasteiger partial charge in [0.25, 0.3) is 0 Å². The molecule has 0 aliphatic rings. The minimum atomic E-state index is 0.843. The summed E-state index contributed by atoms with van der Waals surface area (Å²) in [5, 5.41) is 3.34. The van der Waals surface area contributed by atoms with Crippen LogP contribution in [0.25, 0.3) is 55.6 Å². The number of rotatable bonds is 8. The molecule has 0 unspecified atom stereocenters. The summed E-state index contributed by atoms with van der Waals surface area (Å²) in [6.07, 6.45) is 2.09. The van der Waals surface area contributed by atoms with Gasteiger partial charge in [-0.2, -0.15) is 0 Å². The summed E-state index contributed by atoms with van der Waals surface area (Å²) in [5.41, 5.74) is 27.1. The number of anilines is 2. The molecule has 0 radical (unpaired) electrons. The van der Waals surface area contributed by atoms with Crippen molar-refractivity contribution in [1.82, 2.24) is 0 Å². The Morgan fingerprint density at radius 2 is 0.804 bits per heavy atom. The van der Waals surface area contributed by atoms with Crippen LogP contribution in [-0.2, 0) is 12.8 Å². The molecule has 0 atom stereocenters. The molecule has 2 heteroatoms. The predicted molar refractivity (Wildman–Crippen MR) is 201 cm³/mol. The van der Waals surface area contributed by atoms with Gasteiger partial charge < -0.3 is 11.1 Å². The zero-order chi connectivity index (χ0) is 32.4. The lowest BCUT2D eigenvalue weighted by Crippen LogP contribution is -2.03. The Morgan fingerprint density at radius 1 is 0.457 bits per heavy atom. The van der Waals surface area contributed by atoms with Crippen LogP contribution in [0.3, 0.4) is 0 Å². The molecular formula is C44H44N2. The molecule has 6 aromatic rings. The molecule has 0 spiro atoms. The molecule has 0 fully saturated rings. The molecule has 0 saturated heterocycles. The Bertz CT molecular complexity index is 1860. The topological polar surface area (TPSA) is 38.0 Å². The Morgan fingerprint density at radius 3 is 1.15 bits per heavy atom. The fourth-order valence-corrected chi connectivity index (χ4v) is 6.69. The fraction of sp³-hybridized carbons (Fsp3) is 0.182. The van der Waals surface area contributed by atoms with Gasteiger partial charge in [-0.25, -0.2) is 0 Å². The third-order valence-corrected chi connectivity index (χ3v) is 9.58. The summed E-state index contributed by atoms with van der Waals surface area (Å²) in [7, 11) is 1.98. The molecule has 46 heavy (non-hydrogen) atoms. The van der Waals surface area contributed by atoms with Gasteiger partial charge in [0.2, 0.25) is 0 Å². The normalized spacial score (nSPS) is 11.1. The second-order valence-corrected chi connectivity index (χ2v) is 12.3. The summed E-state index contributed by atoms with van der Waals surface area (Å²) in [4.78, 5) is 0. The number of hydrogen-bond donors (Lipinski definition) is 2. The van der Waals surface area contributed by atoms with Crippen LogP contribution in [0.15, 0.2) is 115 Å². The Hall–Kier alpha value is -5.08. The number of nitrogens with one attached hydrogen (secondary N) is 1. The van der Waals surface area contributed by atoms with E-state index in [1.165, 1.54) is 61.2 Å². The number of hydrogen-bond acceptors (Lipinski definition) is 2. The van der Waals surface area contributed by atoms with E-state index in [0.717, 1.165) is 46.5 Å². The number of nitrogen functional groups attached to an aromatic ring is 1. The largest absolute Gasteiger partial charge is 0.398 e. The zero-order valence-corrected chi connectivity index (χ0v) is 28.0. The molecule has 0 aliphatic heterocycles. The summed E-state index contributed by atoms with van der Waals surface area (Å²) in [6, 6.07) is 42.5. The van der Waals surface area contributed by atoms with Gasteiger partial charge in [0, 0.05) is 18.4 Å². The van der Waals surface area contributed by atoms with Crippen LogP contribution in [0.2, 0.25) is 0 Å². The summed E-state index contributed by atoms with van der Waals surface area (Å²) in [5.74, 6) is 0. The van der Waals surface area contributed by atoms with Gasteiger partial charge in [-0.3, -0.25) is 0 Å². The van der Waals surface area contributed by atoms with Crippen molar-refractivity contribution in [1.29, 1.82) is 0 Å². The molecule has 0 heterocycles. The van der Waals surface area contributed by atoms with Crippen LogP contribution in [0.5, 0.6) is 0 Å². The lowest BCUT2D eigenvalue weighted by atomic mass is 9.80. The average molecular weight is 601 g/mol. The molecule has 6 aromatic carbocycles. The van der Waals surface area contributed by atoms with Crippen molar-refractivity contribution in [2.75, 3.05) is 18.1 Å². The molecular weight excluding hydrogens is 556 g/mol. The smallest absolute Gasteiger partial charge is 0.0386 e. The van der Waals surface area contributed by atoms with E-state index in [1.54, 1.807) is 0 Å². The first-order chi connectivity index (χ1) is 22.3. The Kier molecular flexibility index (Phi) is 8.81. The van der Waals surface area contributed by atoms with Crippen molar-refractivity contribution in [3.05, 3.63) is 143 Å². The Labute approximate surface area is 275 Å². The molecule has 0 amide bonds. The van der Waals surface area contributed by atoms with E-state index in [2.05, 4.69) is 155 Å². The highest BCUT2D eigenvalue weighted by atomic mass is 14.8. The van der Waals surface area contributed by atoms with Crippen molar-refractivity contribution in [2.24, 2.45) is 0 Å². The van der Waals surface area contributed by atoms with E-state index in [1.807, 2.05) is 7.05 Å². The predicted octanol–water partition coefficient (Wildman–Crippen LogP) is 11.7. The minimum absolute atomic E-state index is 0.843. The SMILES string of the molecule is CCc1ccc(-c2ccc(-c3c(C)c(N)c(C)c(-c4ccc(-c5ccc(CC)cc5)cc4)c3-c3ccc(NC)c(C)c3)cc2)cc1. The standard InChI is InChI=1S/C44H44N2/c1-7-31-9-13-33(14-10-31)35-17-21-37(22-18-35)41-29(4)44(45)30(5)42(43(41)39-25-26-40(46-6)28(3)27-39)38-23-19-36(20-24-38)34-15-11-32(8-2)12-16-34/h9-27,46H,7-8,45H2,1-6H3. The molecule has 0 aromatic heterocycles. The maximum absolute atomic E-state index is 6.97. The van der Waals surface area contributed by atoms with Crippen molar-refractivity contribution < 1.29 is 0 Å². The maximum Gasteiger partial charge on any atom is 0.0386 e. The maximum atomic E-state index is 6.97. The van der Waals surface area contributed by atoms with Gasteiger partial charge in [-0.1, -0.05) is 117 Å². The molecule has 6 rings (SSSR count). The van der Waals surface area contributed by atoms with Gasteiger partial charge in [-0.15, -0.1) is 0 Å². The van der Waals surface area contributed by atoms with Crippen molar-refractivity contribution in [3.63, 3.8) is 0 Å². The fourth-order valence-electron chi connectivity index (χ4n) is 6.69. The van der Waals surface area contributed by atoms with Crippen LogP contribution < -0.4 is 11.1 Å². The average Bonchev–Trinajstić information content (AvgIpc) is 3.11. The molecule has 3 N–H and O–H groups in total. The number of nitrogens with two attached hydrogens (primary N) is 1. The molecule has 0 saturated carbocycles. The van der Waals surface area contributed by atoms with E-state index in [4.69, 9.17) is 5.73 Å². The molecule has 0 aliphatic carbocycles. The minimum Gasteiger partial charge on any atom is -0.398 e. The summed E-state index contributed by atoms with van der Waals surface area (Å²) in [6.45, 7) is 10.9. The van der Waals surface area contributed by atoms with E-state index in [0.29, 0.717) is 0 Å². The van der Waals surface area contributed by atoms with Crippen LogP contribution in [-0.4, -0.2) is 7.05 Å². The van der Waals surface area contributed by atoms with Gasteiger partial charge in [0.05, 0.1) is 0 Å². The monoisotopic (exact) mass is 600 g/mol. The zero-order valence-electron chi connectivity index (χ0n) is 28.0. The highest BCUT2D eigenvalue weighted by Gasteiger charge is 2.22. The van der Waals surface area contributed by atoms with Gasteiger partial charge >= 0.3 is 0 Å². The first-order valence-corrected chi connectivity index (χ1v) is 16.4. The first-order valence-electron chi connectivity index (χ1n) is 16.4. The second kappa shape index (κ2) is 13.1. The molecule has 230 valence electrons. The van der Waals surface area contributed by atoms with Crippen molar-refractivity contribution >= 4 is 11.4 Å². The van der Waals surface area contributed by atoms with E-state index >= 15 is 0 Å². The van der Waals surface area contributed by atoms with Crippen LogP contribution in [0, 0.1) is 20.8 Å². The van der Waals surface area contributed by atoms with Crippen LogP contribution in [0.1, 0.15) is 41.7 Å². The number of aryl methyl sites for hydroxylation is 3. The van der Waals surface area contributed by atoms with E-state index in [9.17, 15) is 0 Å². The van der Waals surface area contributed by atoms with Crippen LogP contribution in [0.4, 0.5) is 11.4 Å². The van der Waals surface area contributed by atoms with Gasteiger partial charge in [-0.05, 0) is 129 Å². The van der Waals surface area contributed by atoms with E-state index < -0.39 is 0 Å². The lowest BCUT2D eigenvalue weighted by Gasteiger charge is -2.24. The van der Waals surface area contributed by atoms with Crippen molar-refractivity contribution in [3.8, 4) is 55.6 Å².